The van der Waals surface area contributed by atoms with E-state index in [1.807, 2.05) is 6.07 Å². The maximum Gasteiger partial charge on any atom is 0.313 e. The van der Waals surface area contributed by atoms with Crippen LogP contribution in [-0.4, -0.2) is 47.5 Å². The van der Waals surface area contributed by atoms with Gasteiger partial charge in [0.2, 0.25) is 5.82 Å². The monoisotopic (exact) mass is 389 g/mol. The largest absolute Gasteiger partial charge is 0.376 e. The van der Waals surface area contributed by atoms with E-state index >= 15 is 0 Å². The lowest BCUT2D eigenvalue weighted by atomic mass is 10.2. The Bertz CT molecular complexity index is 805. The van der Waals surface area contributed by atoms with Crippen molar-refractivity contribution < 1.29 is 14.1 Å². The Balaban J connectivity index is 2.09. The van der Waals surface area contributed by atoms with E-state index in [0.717, 1.165) is 0 Å². The number of ether oxygens (including phenoxy) is 1. The molecule has 0 radical (unpaired) electrons. The topological polar surface area (TPSA) is 83.8 Å². The standard InChI is InChI=1S/C19H24FN5O3/c1-14(2)12-21-18-9-8-16(25(26)27)19(22-18)24(15-6-4-3-5-7-15)23-10-11-28-13-17(23)20/h3-9,14,17H,10-13H2,1-2H3,(H,21,22). The zero-order valence-electron chi connectivity index (χ0n) is 15.9. The minimum Gasteiger partial charge on any atom is -0.376 e. The Morgan fingerprint density at radius 1 is 1.36 bits per heavy atom. The van der Waals surface area contributed by atoms with E-state index in [-0.39, 0.29) is 24.7 Å². The Kier molecular flexibility index (Phi) is 6.37. The normalized spacial score (nSPS) is 17.5. The number of halogens is 1. The van der Waals surface area contributed by atoms with Crippen molar-refractivity contribution in [3.63, 3.8) is 0 Å². The molecule has 3 rings (SSSR count). The third-order valence-electron chi connectivity index (χ3n) is 4.24. The first-order valence-corrected chi connectivity index (χ1v) is 9.20. The lowest BCUT2D eigenvalue weighted by molar-refractivity contribution is -0.384. The molecule has 0 aliphatic carbocycles. The van der Waals surface area contributed by atoms with E-state index in [0.29, 0.717) is 30.6 Å². The summed E-state index contributed by atoms with van der Waals surface area (Å²) in [5, 5.41) is 17.7. The number of nitro groups is 1. The SMILES string of the molecule is CC(C)CNc1ccc([N+](=O)[O-])c(N(c2ccccc2)N2CCOCC2F)n1. The number of para-hydroxylation sites is 1. The van der Waals surface area contributed by atoms with E-state index in [1.54, 1.807) is 30.3 Å². The highest BCUT2D eigenvalue weighted by Crippen LogP contribution is 2.36. The number of nitrogens with one attached hydrogen (secondary N) is 1. The van der Waals surface area contributed by atoms with Crippen LogP contribution in [0, 0.1) is 16.0 Å². The van der Waals surface area contributed by atoms with Crippen LogP contribution in [0.15, 0.2) is 42.5 Å². The first-order valence-electron chi connectivity index (χ1n) is 9.20. The highest BCUT2D eigenvalue weighted by Gasteiger charge is 2.34. The molecular formula is C19H24FN5O3. The number of hydrazine groups is 1. The summed E-state index contributed by atoms with van der Waals surface area (Å²) >= 11 is 0. The van der Waals surface area contributed by atoms with Gasteiger partial charge >= 0.3 is 5.69 Å². The number of aromatic nitrogens is 1. The third kappa shape index (κ3) is 4.55. The molecule has 1 fully saturated rings. The van der Waals surface area contributed by atoms with E-state index in [4.69, 9.17) is 4.74 Å². The molecule has 0 amide bonds. The fraction of sp³-hybridized carbons (Fsp3) is 0.421. The van der Waals surface area contributed by atoms with Crippen molar-refractivity contribution in [3.8, 4) is 0 Å². The number of benzene rings is 1. The Morgan fingerprint density at radius 3 is 2.75 bits per heavy atom. The fourth-order valence-electron chi connectivity index (χ4n) is 2.90. The van der Waals surface area contributed by atoms with Crippen molar-refractivity contribution in [2.75, 3.05) is 36.6 Å². The first kappa shape index (κ1) is 20.0. The van der Waals surface area contributed by atoms with Gasteiger partial charge in [0.05, 0.1) is 23.8 Å². The van der Waals surface area contributed by atoms with E-state index in [1.165, 1.54) is 16.1 Å². The van der Waals surface area contributed by atoms with Crippen LogP contribution >= 0.6 is 0 Å². The van der Waals surface area contributed by atoms with Crippen molar-refractivity contribution in [2.45, 2.75) is 20.1 Å². The van der Waals surface area contributed by atoms with Gasteiger partial charge in [-0.25, -0.2) is 14.4 Å². The number of alkyl halides is 1. The minimum absolute atomic E-state index is 0.0644. The highest BCUT2D eigenvalue weighted by atomic mass is 19.1. The van der Waals surface area contributed by atoms with Gasteiger partial charge in [-0.3, -0.25) is 10.1 Å². The molecule has 1 aliphatic heterocycles. The number of rotatable bonds is 7. The molecule has 1 aliphatic rings. The number of hydrogen-bond donors (Lipinski definition) is 1. The van der Waals surface area contributed by atoms with Gasteiger partial charge in [0.25, 0.3) is 0 Å². The molecule has 9 heteroatoms. The predicted molar refractivity (Wildman–Crippen MR) is 105 cm³/mol. The molecule has 1 atom stereocenters. The molecule has 8 nitrogen and oxygen atoms in total. The smallest absolute Gasteiger partial charge is 0.313 e. The molecule has 0 saturated carbocycles. The molecule has 0 bridgehead atoms. The van der Waals surface area contributed by atoms with Gasteiger partial charge < -0.3 is 10.1 Å². The zero-order chi connectivity index (χ0) is 20.1. The summed E-state index contributed by atoms with van der Waals surface area (Å²) in [5.74, 6) is 0.938. The van der Waals surface area contributed by atoms with Gasteiger partial charge in [-0.2, -0.15) is 5.01 Å². The second-order valence-corrected chi connectivity index (χ2v) is 6.89. The quantitative estimate of drug-likeness (QED) is 0.439. The lowest BCUT2D eigenvalue weighted by Gasteiger charge is -2.39. The van der Waals surface area contributed by atoms with Crippen LogP contribution in [0.25, 0.3) is 0 Å². The van der Waals surface area contributed by atoms with Crippen molar-refractivity contribution >= 4 is 23.0 Å². The molecule has 28 heavy (non-hydrogen) atoms. The first-order chi connectivity index (χ1) is 13.5. The summed E-state index contributed by atoms with van der Waals surface area (Å²) in [4.78, 5) is 15.7. The number of morpholine rings is 1. The average molecular weight is 389 g/mol. The fourth-order valence-corrected chi connectivity index (χ4v) is 2.90. The Labute approximate surface area is 163 Å². The van der Waals surface area contributed by atoms with Gasteiger partial charge in [0.15, 0.2) is 6.30 Å². The molecule has 2 aromatic rings. The number of anilines is 3. The molecule has 1 saturated heterocycles. The molecule has 150 valence electrons. The van der Waals surface area contributed by atoms with Gasteiger partial charge in [0.1, 0.15) is 5.82 Å². The second kappa shape index (κ2) is 8.94. The lowest BCUT2D eigenvalue weighted by Crippen LogP contribution is -2.51. The van der Waals surface area contributed by atoms with E-state index in [9.17, 15) is 14.5 Å². The average Bonchev–Trinajstić information content (AvgIpc) is 2.69. The van der Waals surface area contributed by atoms with Crippen LogP contribution in [0.3, 0.4) is 0 Å². The van der Waals surface area contributed by atoms with Gasteiger partial charge in [-0.1, -0.05) is 32.0 Å². The van der Waals surface area contributed by atoms with Crippen LogP contribution in [0.2, 0.25) is 0 Å². The van der Waals surface area contributed by atoms with Crippen molar-refractivity contribution in [1.82, 2.24) is 9.99 Å². The van der Waals surface area contributed by atoms with E-state index in [2.05, 4.69) is 24.1 Å². The van der Waals surface area contributed by atoms with Crippen LogP contribution in [0.1, 0.15) is 13.8 Å². The summed E-state index contributed by atoms with van der Waals surface area (Å²) in [5.41, 5.74) is 0.390. The van der Waals surface area contributed by atoms with Crippen molar-refractivity contribution in [1.29, 1.82) is 0 Å². The third-order valence-corrected chi connectivity index (χ3v) is 4.24. The minimum atomic E-state index is -1.44. The number of pyridine rings is 1. The molecule has 0 spiro atoms. The number of hydrogen-bond acceptors (Lipinski definition) is 7. The second-order valence-electron chi connectivity index (χ2n) is 6.89. The van der Waals surface area contributed by atoms with Gasteiger partial charge in [0, 0.05) is 19.2 Å². The molecule has 2 heterocycles. The highest BCUT2D eigenvalue weighted by molar-refractivity contribution is 5.69. The summed E-state index contributed by atoms with van der Waals surface area (Å²) < 4.78 is 19.9. The molecule has 1 N–H and O–H groups in total. The van der Waals surface area contributed by atoms with E-state index < -0.39 is 11.2 Å². The van der Waals surface area contributed by atoms with Crippen LogP contribution in [0.4, 0.5) is 27.4 Å². The summed E-state index contributed by atoms with van der Waals surface area (Å²) in [7, 11) is 0. The molecule has 1 aromatic carbocycles. The summed E-state index contributed by atoms with van der Waals surface area (Å²) in [6.07, 6.45) is -1.44. The molecule has 1 aromatic heterocycles. The predicted octanol–water partition coefficient (Wildman–Crippen LogP) is 3.74. The Hall–Kier alpha value is -2.78. The maximum atomic E-state index is 14.7. The van der Waals surface area contributed by atoms with Crippen LogP contribution in [-0.2, 0) is 4.74 Å². The molecular weight excluding hydrogens is 365 g/mol. The maximum absolute atomic E-state index is 14.7. The van der Waals surface area contributed by atoms with Crippen LogP contribution in [0.5, 0.6) is 0 Å². The van der Waals surface area contributed by atoms with Crippen molar-refractivity contribution in [2.24, 2.45) is 5.92 Å². The Morgan fingerprint density at radius 2 is 2.11 bits per heavy atom. The zero-order valence-corrected chi connectivity index (χ0v) is 15.9. The number of nitrogens with zero attached hydrogens (tertiary/aromatic N) is 4. The summed E-state index contributed by atoms with van der Waals surface area (Å²) in [6, 6.07) is 11.9. The molecule has 1 unspecified atom stereocenters. The summed E-state index contributed by atoms with van der Waals surface area (Å²) in [6.45, 7) is 5.23. The van der Waals surface area contributed by atoms with Crippen molar-refractivity contribution in [3.05, 3.63) is 52.6 Å². The van der Waals surface area contributed by atoms with Crippen LogP contribution < -0.4 is 10.3 Å². The van der Waals surface area contributed by atoms with Gasteiger partial charge in [-0.15, -0.1) is 0 Å². The van der Waals surface area contributed by atoms with Gasteiger partial charge in [-0.05, 0) is 24.1 Å².